The van der Waals surface area contributed by atoms with Crippen LogP contribution in [0.15, 0.2) is 0 Å². The fourth-order valence-electron chi connectivity index (χ4n) is 5.25. The van der Waals surface area contributed by atoms with E-state index in [1.807, 2.05) is 0 Å². The zero-order valence-electron chi connectivity index (χ0n) is 11.0. The third-order valence-electron chi connectivity index (χ3n) is 5.96. The quantitative estimate of drug-likeness (QED) is 0.638. The van der Waals surface area contributed by atoms with Crippen LogP contribution >= 0.6 is 0 Å². The zero-order chi connectivity index (χ0) is 11.2. The van der Waals surface area contributed by atoms with Crippen LogP contribution in [0.3, 0.4) is 0 Å². The molecule has 2 nitrogen and oxygen atoms in total. The van der Waals surface area contributed by atoms with Gasteiger partial charge in [-0.2, -0.15) is 0 Å². The summed E-state index contributed by atoms with van der Waals surface area (Å²) in [4.78, 5) is 5.74. The Bertz CT molecular complexity index is 268. The van der Waals surface area contributed by atoms with Gasteiger partial charge in [0, 0.05) is 26.6 Å². The highest BCUT2D eigenvalue weighted by molar-refractivity contribution is 5.00. The molecule has 0 spiro atoms. The van der Waals surface area contributed by atoms with E-state index in [0.717, 1.165) is 23.9 Å². The van der Waals surface area contributed by atoms with E-state index in [1.165, 1.54) is 64.7 Å². The number of fused-ring (bicyclic) bond motifs is 6. The number of piperidine rings is 4. The van der Waals surface area contributed by atoms with Crippen LogP contribution in [0.4, 0.5) is 0 Å². The van der Waals surface area contributed by atoms with Gasteiger partial charge in [-0.25, -0.2) is 0 Å². The van der Waals surface area contributed by atoms with E-state index in [1.54, 1.807) is 6.42 Å². The molecule has 0 radical (unpaired) electrons. The van der Waals surface area contributed by atoms with Gasteiger partial charge in [0.15, 0.2) is 0 Å². The van der Waals surface area contributed by atoms with Crippen molar-refractivity contribution in [3.8, 4) is 0 Å². The summed E-state index contributed by atoms with van der Waals surface area (Å²) < 4.78 is 0. The van der Waals surface area contributed by atoms with Crippen molar-refractivity contribution < 1.29 is 1.43 Å². The maximum Gasteiger partial charge on any atom is 0.0136 e. The lowest BCUT2D eigenvalue weighted by Gasteiger charge is -2.57. The second-order valence-electron chi connectivity index (χ2n) is 6.87. The van der Waals surface area contributed by atoms with E-state index in [-0.39, 0.29) is 1.43 Å². The molecule has 4 saturated heterocycles. The molecule has 4 rings (SSSR count). The normalized spacial score (nSPS) is 47.3. The lowest BCUT2D eigenvalue weighted by molar-refractivity contribution is -0.0718. The van der Waals surface area contributed by atoms with E-state index in [0.29, 0.717) is 0 Å². The summed E-state index contributed by atoms with van der Waals surface area (Å²) in [6.45, 7) is 5.68. The van der Waals surface area contributed by atoms with Crippen molar-refractivity contribution in [1.82, 2.24) is 9.80 Å². The fourth-order valence-corrected chi connectivity index (χ4v) is 5.25. The van der Waals surface area contributed by atoms with Gasteiger partial charge in [-0.05, 0) is 57.0 Å². The molecule has 4 heterocycles. The van der Waals surface area contributed by atoms with Crippen molar-refractivity contribution in [2.75, 3.05) is 26.2 Å². The van der Waals surface area contributed by atoms with Crippen LogP contribution in [-0.2, 0) is 0 Å². The summed E-state index contributed by atoms with van der Waals surface area (Å²) in [6, 6.07) is 1.92. The number of rotatable bonds is 0. The smallest absolute Gasteiger partial charge is 0.0136 e. The number of hydrogen-bond donors (Lipinski definition) is 0. The van der Waals surface area contributed by atoms with Gasteiger partial charge < -0.3 is 0 Å². The van der Waals surface area contributed by atoms with E-state index < -0.39 is 0 Å². The first-order chi connectivity index (χ1) is 8.42. The molecular formula is C15H28N2. The summed E-state index contributed by atoms with van der Waals surface area (Å²) in [7, 11) is 0. The van der Waals surface area contributed by atoms with E-state index >= 15 is 0 Å². The summed E-state index contributed by atoms with van der Waals surface area (Å²) in [5.74, 6) is 2.03. The summed E-state index contributed by atoms with van der Waals surface area (Å²) in [6.07, 6.45) is 10.5. The number of nitrogens with zero attached hydrogens (tertiary/aromatic N) is 2. The molecule has 4 atom stereocenters. The SMILES string of the molecule is C1CCN2CC3C[C@@H](CN4CCCC[C@@H]34)C2C1.[HH]. The second-order valence-corrected chi connectivity index (χ2v) is 6.87. The third kappa shape index (κ3) is 1.76. The highest BCUT2D eigenvalue weighted by atomic mass is 15.3. The van der Waals surface area contributed by atoms with Crippen LogP contribution in [0.5, 0.6) is 0 Å². The first kappa shape index (κ1) is 10.8. The van der Waals surface area contributed by atoms with Gasteiger partial charge in [0.05, 0.1) is 0 Å². The van der Waals surface area contributed by atoms with Gasteiger partial charge in [0.25, 0.3) is 0 Å². The Labute approximate surface area is 107 Å². The Kier molecular flexibility index (Phi) is 2.69. The molecule has 0 aromatic heterocycles. The molecule has 0 N–H and O–H groups in total. The molecule has 17 heavy (non-hydrogen) atoms. The first-order valence-electron chi connectivity index (χ1n) is 7.90. The Morgan fingerprint density at radius 2 is 1.24 bits per heavy atom. The Hall–Kier alpha value is -0.0800. The topological polar surface area (TPSA) is 6.48 Å². The van der Waals surface area contributed by atoms with Gasteiger partial charge >= 0.3 is 0 Å². The molecule has 4 aliphatic rings. The molecule has 0 amide bonds. The minimum absolute atomic E-state index is 0. The summed E-state index contributed by atoms with van der Waals surface area (Å²) in [5.41, 5.74) is 0. The van der Waals surface area contributed by atoms with Crippen molar-refractivity contribution in [3.63, 3.8) is 0 Å². The molecule has 98 valence electrons. The molecule has 2 bridgehead atoms. The van der Waals surface area contributed by atoms with Gasteiger partial charge in [-0.1, -0.05) is 12.8 Å². The molecule has 2 heteroatoms. The van der Waals surface area contributed by atoms with Gasteiger partial charge in [0.2, 0.25) is 0 Å². The standard InChI is InChI=1S/C15H26N2.H2/c1-3-7-16-11-13-9-12(14(16)5-1)10-17-8-4-2-6-15(13)17;/h12-15H,1-11H2;1H/t12-,13?,14?,15-;/m0./s1. The largest absolute Gasteiger partial charge is 0.300 e. The summed E-state index contributed by atoms with van der Waals surface area (Å²) in [5, 5.41) is 0. The molecule has 0 aromatic carbocycles. The number of hydrogen-bond acceptors (Lipinski definition) is 2. The monoisotopic (exact) mass is 236 g/mol. The second kappa shape index (κ2) is 4.24. The Morgan fingerprint density at radius 3 is 1.76 bits per heavy atom. The maximum atomic E-state index is 2.87. The minimum Gasteiger partial charge on any atom is -0.300 e. The predicted molar refractivity (Wildman–Crippen MR) is 72.1 cm³/mol. The molecule has 0 aromatic rings. The van der Waals surface area contributed by atoms with Crippen LogP contribution < -0.4 is 0 Å². The van der Waals surface area contributed by atoms with E-state index in [2.05, 4.69) is 9.80 Å². The maximum absolute atomic E-state index is 2.87. The summed E-state index contributed by atoms with van der Waals surface area (Å²) >= 11 is 0. The molecule has 4 aliphatic heterocycles. The highest BCUT2D eigenvalue weighted by Crippen LogP contribution is 2.42. The molecule has 0 saturated carbocycles. The van der Waals surface area contributed by atoms with E-state index in [9.17, 15) is 0 Å². The van der Waals surface area contributed by atoms with Crippen LogP contribution in [0.2, 0.25) is 0 Å². The lowest BCUT2D eigenvalue weighted by Crippen LogP contribution is -2.63. The van der Waals surface area contributed by atoms with E-state index in [4.69, 9.17) is 0 Å². The predicted octanol–water partition coefficient (Wildman–Crippen LogP) is 2.59. The molecule has 4 fully saturated rings. The molecule has 0 aliphatic carbocycles. The van der Waals surface area contributed by atoms with Crippen LogP contribution in [0.1, 0.15) is 46.4 Å². The third-order valence-corrected chi connectivity index (χ3v) is 5.96. The molecular weight excluding hydrogens is 208 g/mol. The van der Waals surface area contributed by atoms with Crippen LogP contribution in [0, 0.1) is 11.8 Å². The van der Waals surface area contributed by atoms with Crippen LogP contribution in [0.25, 0.3) is 0 Å². The van der Waals surface area contributed by atoms with Gasteiger partial charge in [0.1, 0.15) is 0 Å². The average molecular weight is 236 g/mol. The fraction of sp³-hybridized carbons (Fsp3) is 1.00. The van der Waals surface area contributed by atoms with Crippen molar-refractivity contribution in [1.29, 1.82) is 0 Å². The average Bonchev–Trinajstić information content (AvgIpc) is 2.39. The van der Waals surface area contributed by atoms with Crippen molar-refractivity contribution in [2.24, 2.45) is 11.8 Å². The molecule has 2 unspecified atom stereocenters. The Morgan fingerprint density at radius 1 is 0.706 bits per heavy atom. The van der Waals surface area contributed by atoms with Gasteiger partial charge in [-0.15, -0.1) is 0 Å². The van der Waals surface area contributed by atoms with Crippen molar-refractivity contribution >= 4 is 0 Å². The van der Waals surface area contributed by atoms with Crippen molar-refractivity contribution in [3.05, 3.63) is 0 Å². The first-order valence-corrected chi connectivity index (χ1v) is 7.90. The van der Waals surface area contributed by atoms with Crippen LogP contribution in [-0.4, -0.2) is 48.1 Å². The minimum atomic E-state index is 0. The zero-order valence-corrected chi connectivity index (χ0v) is 11.0. The lowest BCUT2D eigenvalue weighted by atomic mass is 9.71. The van der Waals surface area contributed by atoms with Crippen molar-refractivity contribution in [2.45, 2.75) is 57.0 Å². The Balaban J connectivity index is 0.000001000. The van der Waals surface area contributed by atoms with Gasteiger partial charge in [-0.3, -0.25) is 9.80 Å². The highest BCUT2D eigenvalue weighted by Gasteiger charge is 2.46.